The Morgan fingerprint density at radius 1 is 0.244 bits per heavy atom. The third-order valence-electron chi connectivity index (χ3n) is 16.2. The van der Waals surface area contributed by atoms with E-state index in [1.165, 1.54) is 263 Å². The Kier molecular flexibility index (Phi) is 68.1. The molecule has 0 saturated heterocycles. The van der Waals surface area contributed by atoms with E-state index in [0.29, 0.717) is 19.3 Å². The van der Waals surface area contributed by atoms with Gasteiger partial charge in [0.1, 0.15) is 13.2 Å². The number of unbranched alkanes of at least 4 members (excludes halogenated alkanes) is 46. The highest BCUT2D eigenvalue weighted by Crippen LogP contribution is 2.18. The van der Waals surface area contributed by atoms with E-state index in [2.05, 4.69) is 81.5 Å². The highest BCUT2D eigenvalue weighted by atomic mass is 16.6. The van der Waals surface area contributed by atoms with Crippen LogP contribution >= 0.6 is 0 Å². The van der Waals surface area contributed by atoms with E-state index < -0.39 is 6.10 Å². The maximum Gasteiger partial charge on any atom is 0.306 e. The Morgan fingerprint density at radius 3 is 0.744 bits per heavy atom. The van der Waals surface area contributed by atoms with E-state index in [4.69, 9.17) is 14.2 Å². The molecule has 0 saturated carbocycles. The maximum atomic E-state index is 12.9. The molecule has 0 aliphatic carbocycles. The minimum Gasteiger partial charge on any atom is -0.462 e. The van der Waals surface area contributed by atoms with Gasteiger partial charge in [-0.05, 0) is 103 Å². The zero-order valence-electron chi connectivity index (χ0n) is 55.0. The first kappa shape index (κ1) is 79.1. The summed E-state index contributed by atoms with van der Waals surface area (Å²) in [5.41, 5.74) is 0. The minimum atomic E-state index is -0.777. The summed E-state index contributed by atoms with van der Waals surface area (Å²) in [7, 11) is 0. The largest absolute Gasteiger partial charge is 0.462 e. The van der Waals surface area contributed by atoms with Crippen LogP contribution in [0.2, 0.25) is 0 Å². The van der Waals surface area contributed by atoms with E-state index in [9.17, 15) is 14.4 Å². The Bertz CT molecular complexity index is 1460. The van der Waals surface area contributed by atoms with Gasteiger partial charge in [0.05, 0.1) is 0 Å². The summed E-state index contributed by atoms with van der Waals surface area (Å²) in [6, 6.07) is 0. The molecule has 6 heteroatoms. The van der Waals surface area contributed by atoms with E-state index in [1.54, 1.807) is 0 Å². The summed E-state index contributed by atoms with van der Waals surface area (Å²) in [4.78, 5) is 38.3. The molecule has 1 unspecified atom stereocenters. The number of ether oxygens (including phenoxy) is 3. The van der Waals surface area contributed by atoms with Crippen LogP contribution in [0.3, 0.4) is 0 Å². The van der Waals surface area contributed by atoms with Crippen molar-refractivity contribution in [3.05, 3.63) is 60.8 Å². The standard InChI is InChI=1S/C76H138O6/c1-4-7-10-13-16-19-22-24-26-28-30-32-34-35-36-37-38-39-40-41-43-44-46-48-50-52-54-57-60-63-66-69-75(78)81-72-73(71-80-74(77)68-65-62-59-56-21-18-15-12-9-6-3)82-76(79)70-67-64-61-58-55-53-51-49-47-45-42-33-31-29-27-25-23-20-17-14-11-8-5-2/h12,15,22,24,28-31,34-35,73H,4-11,13-14,16-21,23,25-27,32-33,36-72H2,1-3H3/b15-12-,24-22-,30-28-,31-29-,35-34-. The van der Waals surface area contributed by atoms with Crippen LogP contribution in [-0.4, -0.2) is 37.2 Å². The fourth-order valence-electron chi connectivity index (χ4n) is 10.7. The van der Waals surface area contributed by atoms with Crippen molar-refractivity contribution < 1.29 is 28.6 Å². The molecule has 1 atom stereocenters. The molecule has 0 rings (SSSR count). The van der Waals surface area contributed by atoms with Gasteiger partial charge >= 0.3 is 17.9 Å². The third kappa shape index (κ3) is 67.9. The second-order valence-electron chi connectivity index (χ2n) is 24.5. The van der Waals surface area contributed by atoms with Gasteiger partial charge in [0.25, 0.3) is 0 Å². The van der Waals surface area contributed by atoms with Crippen LogP contribution in [0.1, 0.15) is 387 Å². The molecule has 0 aliphatic heterocycles. The summed E-state index contributed by atoms with van der Waals surface area (Å²) in [5.74, 6) is -0.864. The van der Waals surface area contributed by atoms with Gasteiger partial charge in [0, 0.05) is 19.3 Å². The quantitative estimate of drug-likeness (QED) is 0.0261. The molecule has 0 fully saturated rings. The molecule has 0 spiro atoms. The number of allylic oxidation sites excluding steroid dienone is 10. The van der Waals surface area contributed by atoms with E-state index >= 15 is 0 Å². The van der Waals surface area contributed by atoms with Gasteiger partial charge in [-0.15, -0.1) is 0 Å². The zero-order chi connectivity index (χ0) is 59.2. The summed E-state index contributed by atoms with van der Waals surface area (Å²) in [5, 5.41) is 0. The van der Waals surface area contributed by atoms with Gasteiger partial charge in [0.15, 0.2) is 6.10 Å². The number of rotatable bonds is 67. The lowest BCUT2D eigenvalue weighted by Crippen LogP contribution is -2.30. The molecule has 0 aromatic rings. The second kappa shape index (κ2) is 70.6. The third-order valence-corrected chi connectivity index (χ3v) is 16.2. The first-order chi connectivity index (χ1) is 40.5. The van der Waals surface area contributed by atoms with E-state index in [1.807, 2.05) is 0 Å². The van der Waals surface area contributed by atoms with Crippen molar-refractivity contribution in [1.82, 2.24) is 0 Å². The van der Waals surface area contributed by atoms with E-state index in [0.717, 1.165) is 83.5 Å². The van der Waals surface area contributed by atoms with Crippen molar-refractivity contribution in [3.8, 4) is 0 Å². The number of carbonyl (C=O) groups is 3. The van der Waals surface area contributed by atoms with Crippen LogP contribution in [0.15, 0.2) is 60.8 Å². The van der Waals surface area contributed by atoms with Crippen molar-refractivity contribution in [3.63, 3.8) is 0 Å². The summed E-state index contributed by atoms with van der Waals surface area (Å²) >= 11 is 0. The Balaban J connectivity index is 4.12. The Morgan fingerprint density at radius 2 is 0.463 bits per heavy atom. The number of carbonyl (C=O) groups excluding carboxylic acids is 3. The molecule has 0 aromatic heterocycles. The van der Waals surface area contributed by atoms with Crippen molar-refractivity contribution >= 4 is 17.9 Å². The van der Waals surface area contributed by atoms with Gasteiger partial charge in [-0.2, -0.15) is 0 Å². The van der Waals surface area contributed by atoms with Crippen molar-refractivity contribution in [1.29, 1.82) is 0 Å². The Hall–Kier alpha value is -2.89. The molecular weight excluding hydrogens is 1010 g/mol. The first-order valence-electron chi connectivity index (χ1n) is 36.3. The maximum absolute atomic E-state index is 12.9. The lowest BCUT2D eigenvalue weighted by atomic mass is 10.0. The molecule has 478 valence electrons. The predicted molar refractivity (Wildman–Crippen MR) is 358 cm³/mol. The molecule has 0 aromatic carbocycles. The summed E-state index contributed by atoms with van der Waals surface area (Å²) < 4.78 is 17.0. The molecule has 0 amide bonds. The molecule has 0 heterocycles. The number of hydrogen-bond acceptors (Lipinski definition) is 6. The minimum absolute atomic E-state index is 0.0736. The molecule has 6 nitrogen and oxygen atoms in total. The van der Waals surface area contributed by atoms with Crippen LogP contribution in [0, 0.1) is 0 Å². The Labute approximate surface area is 510 Å². The van der Waals surface area contributed by atoms with Crippen molar-refractivity contribution in [2.24, 2.45) is 0 Å². The fourth-order valence-corrected chi connectivity index (χ4v) is 10.7. The molecule has 0 N–H and O–H groups in total. The van der Waals surface area contributed by atoms with Crippen molar-refractivity contribution in [2.45, 2.75) is 393 Å². The average Bonchev–Trinajstić information content (AvgIpc) is 3.48. The molecule has 0 radical (unpaired) electrons. The summed E-state index contributed by atoms with van der Waals surface area (Å²) in [6.45, 7) is 6.62. The van der Waals surface area contributed by atoms with Crippen LogP contribution in [0.25, 0.3) is 0 Å². The molecule has 82 heavy (non-hydrogen) atoms. The molecule has 0 bridgehead atoms. The summed E-state index contributed by atoms with van der Waals surface area (Å²) in [6.07, 6.45) is 91.3. The molecule has 0 aliphatic rings. The lowest BCUT2D eigenvalue weighted by molar-refractivity contribution is -0.167. The van der Waals surface area contributed by atoms with Crippen LogP contribution < -0.4 is 0 Å². The van der Waals surface area contributed by atoms with Gasteiger partial charge in [0.2, 0.25) is 0 Å². The zero-order valence-corrected chi connectivity index (χ0v) is 55.0. The van der Waals surface area contributed by atoms with Crippen LogP contribution in [-0.2, 0) is 28.6 Å². The van der Waals surface area contributed by atoms with Crippen LogP contribution in [0.4, 0.5) is 0 Å². The average molecular weight is 1150 g/mol. The fraction of sp³-hybridized carbons (Fsp3) is 0.829. The van der Waals surface area contributed by atoms with Gasteiger partial charge in [-0.25, -0.2) is 0 Å². The highest BCUT2D eigenvalue weighted by Gasteiger charge is 2.19. The van der Waals surface area contributed by atoms with Gasteiger partial charge < -0.3 is 14.2 Å². The number of esters is 3. The topological polar surface area (TPSA) is 78.9 Å². The normalized spacial score (nSPS) is 12.4. The predicted octanol–water partition coefficient (Wildman–Crippen LogP) is 25.1. The SMILES string of the molecule is CCC/C=C\CCCCCCCC(=O)OCC(COC(=O)CCCCCCCCCCCCCCCCCC/C=C\C/C=C\C/C=C\CCCCCCC)OC(=O)CCCCCCCCCCCCC/C=C\CCCCCCCCCC. The first-order valence-corrected chi connectivity index (χ1v) is 36.3. The molecular formula is C76H138O6. The van der Waals surface area contributed by atoms with Gasteiger partial charge in [-0.1, -0.05) is 326 Å². The number of hydrogen-bond donors (Lipinski definition) is 0. The monoisotopic (exact) mass is 1150 g/mol. The van der Waals surface area contributed by atoms with Gasteiger partial charge in [-0.3, -0.25) is 14.4 Å². The van der Waals surface area contributed by atoms with Crippen molar-refractivity contribution in [2.75, 3.05) is 13.2 Å². The lowest BCUT2D eigenvalue weighted by Gasteiger charge is -2.18. The van der Waals surface area contributed by atoms with E-state index in [-0.39, 0.29) is 31.1 Å². The highest BCUT2D eigenvalue weighted by molar-refractivity contribution is 5.71. The van der Waals surface area contributed by atoms with Crippen LogP contribution in [0.5, 0.6) is 0 Å². The smallest absolute Gasteiger partial charge is 0.306 e. The second-order valence-corrected chi connectivity index (χ2v) is 24.5.